The van der Waals surface area contributed by atoms with Crippen LogP contribution in [-0.4, -0.2) is 17.0 Å². The predicted molar refractivity (Wildman–Crippen MR) is 91.4 cm³/mol. The minimum absolute atomic E-state index is 0.572. The van der Waals surface area contributed by atoms with Gasteiger partial charge in [0.2, 0.25) is 0 Å². The van der Waals surface area contributed by atoms with Crippen molar-refractivity contribution in [1.29, 1.82) is 0 Å². The molecule has 0 saturated heterocycles. The molecule has 0 atom stereocenters. The van der Waals surface area contributed by atoms with Crippen molar-refractivity contribution < 1.29 is 0 Å². The van der Waals surface area contributed by atoms with E-state index in [2.05, 4.69) is 43.8 Å². The number of nitrogen functional groups attached to an aromatic ring is 1. The van der Waals surface area contributed by atoms with Gasteiger partial charge in [0.25, 0.3) is 0 Å². The van der Waals surface area contributed by atoms with E-state index in [9.17, 15) is 0 Å². The van der Waals surface area contributed by atoms with Crippen LogP contribution in [0.3, 0.4) is 0 Å². The van der Waals surface area contributed by atoms with Gasteiger partial charge in [-0.05, 0) is 25.0 Å². The van der Waals surface area contributed by atoms with Crippen molar-refractivity contribution in [1.82, 2.24) is 9.97 Å². The van der Waals surface area contributed by atoms with Gasteiger partial charge in [-0.15, -0.1) is 0 Å². The molecule has 0 amide bonds. The Bertz CT molecular complexity index is 628. The third-order valence-corrected chi connectivity index (χ3v) is 4.18. The van der Waals surface area contributed by atoms with Crippen molar-refractivity contribution in [3.63, 3.8) is 0 Å². The monoisotopic (exact) mass is 348 g/mol. The molecule has 0 spiro atoms. The Morgan fingerprint density at radius 2 is 1.95 bits per heavy atom. The topological polar surface area (TPSA) is 55.0 Å². The lowest BCUT2D eigenvalue weighted by Gasteiger charge is -2.22. The van der Waals surface area contributed by atoms with Crippen LogP contribution < -0.4 is 10.6 Å². The molecular weight excluding hydrogens is 328 g/mol. The van der Waals surface area contributed by atoms with Gasteiger partial charge in [-0.1, -0.05) is 41.1 Å². The molecule has 21 heavy (non-hydrogen) atoms. The molecule has 0 aliphatic carbocycles. The minimum Gasteiger partial charge on any atom is -0.383 e. The Kier molecular flexibility index (Phi) is 5.17. The van der Waals surface area contributed by atoms with Crippen LogP contribution in [-0.2, 0) is 13.0 Å². The van der Waals surface area contributed by atoms with Gasteiger partial charge < -0.3 is 10.6 Å². The van der Waals surface area contributed by atoms with Crippen LogP contribution in [0.5, 0.6) is 0 Å². The first-order chi connectivity index (χ1) is 10.0. The highest BCUT2D eigenvalue weighted by atomic mass is 79.9. The molecule has 112 valence electrons. The fraction of sp³-hybridized carbons (Fsp3) is 0.375. The van der Waals surface area contributed by atoms with Crippen molar-refractivity contribution in [3.05, 3.63) is 45.7 Å². The van der Waals surface area contributed by atoms with Crippen LogP contribution in [0.2, 0.25) is 0 Å². The first-order valence-electron chi connectivity index (χ1n) is 7.10. The zero-order valence-electron chi connectivity index (χ0n) is 12.7. The molecule has 2 aromatic rings. The molecule has 2 rings (SSSR count). The SMILES string of the molecule is CCCc1nc(N)c(C)c(N(C)Cc2ccccc2Br)n1. The number of anilines is 2. The minimum atomic E-state index is 0.572. The normalized spacial score (nSPS) is 10.7. The highest BCUT2D eigenvalue weighted by Crippen LogP contribution is 2.24. The van der Waals surface area contributed by atoms with E-state index >= 15 is 0 Å². The Morgan fingerprint density at radius 3 is 2.62 bits per heavy atom. The first kappa shape index (κ1) is 15.8. The van der Waals surface area contributed by atoms with Crippen LogP contribution in [0.15, 0.2) is 28.7 Å². The molecule has 5 heteroatoms. The number of hydrogen-bond acceptors (Lipinski definition) is 4. The van der Waals surface area contributed by atoms with E-state index in [-0.39, 0.29) is 0 Å². The summed E-state index contributed by atoms with van der Waals surface area (Å²) in [6, 6.07) is 8.21. The smallest absolute Gasteiger partial charge is 0.137 e. The average molecular weight is 349 g/mol. The average Bonchev–Trinajstić information content (AvgIpc) is 2.45. The molecule has 0 saturated carbocycles. The predicted octanol–water partition coefficient (Wildman–Crippen LogP) is 3.72. The van der Waals surface area contributed by atoms with Gasteiger partial charge in [0.05, 0.1) is 0 Å². The van der Waals surface area contributed by atoms with E-state index in [0.29, 0.717) is 5.82 Å². The zero-order valence-corrected chi connectivity index (χ0v) is 14.3. The van der Waals surface area contributed by atoms with Crippen LogP contribution in [0, 0.1) is 6.92 Å². The van der Waals surface area contributed by atoms with E-state index in [0.717, 1.165) is 41.1 Å². The highest BCUT2D eigenvalue weighted by molar-refractivity contribution is 9.10. The van der Waals surface area contributed by atoms with Crippen molar-refractivity contribution in [2.24, 2.45) is 0 Å². The first-order valence-corrected chi connectivity index (χ1v) is 7.89. The summed E-state index contributed by atoms with van der Waals surface area (Å²) in [6.45, 7) is 4.85. The van der Waals surface area contributed by atoms with E-state index in [1.165, 1.54) is 5.56 Å². The quantitative estimate of drug-likeness (QED) is 0.894. The Hall–Kier alpha value is -1.62. The standard InChI is InChI=1S/C16H21BrN4/c1-4-7-14-19-15(18)11(2)16(20-14)21(3)10-12-8-5-6-9-13(12)17/h5-6,8-9H,4,7,10H2,1-3H3,(H2,18,19,20). The maximum atomic E-state index is 6.03. The maximum absolute atomic E-state index is 6.03. The Morgan fingerprint density at radius 1 is 1.24 bits per heavy atom. The zero-order chi connectivity index (χ0) is 15.4. The lowest BCUT2D eigenvalue weighted by molar-refractivity contribution is 0.808. The summed E-state index contributed by atoms with van der Waals surface area (Å²) in [7, 11) is 2.03. The van der Waals surface area contributed by atoms with Gasteiger partial charge in [0.15, 0.2) is 0 Å². The maximum Gasteiger partial charge on any atom is 0.137 e. The lowest BCUT2D eigenvalue weighted by Crippen LogP contribution is -2.21. The molecule has 0 aliphatic heterocycles. The molecule has 1 heterocycles. The highest BCUT2D eigenvalue weighted by Gasteiger charge is 2.13. The van der Waals surface area contributed by atoms with Gasteiger partial charge in [-0.2, -0.15) is 0 Å². The van der Waals surface area contributed by atoms with E-state index in [1.807, 2.05) is 32.2 Å². The van der Waals surface area contributed by atoms with Crippen molar-refractivity contribution in [2.45, 2.75) is 33.2 Å². The number of benzene rings is 1. The summed E-state index contributed by atoms with van der Waals surface area (Å²) in [5.41, 5.74) is 8.18. The van der Waals surface area contributed by atoms with Crippen molar-refractivity contribution >= 4 is 27.6 Å². The van der Waals surface area contributed by atoms with Gasteiger partial charge >= 0.3 is 0 Å². The molecule has 4 nitrogen and oxygen atoms in total. The number of halogens is 1. The summed E-state index contributed by atoms with van der Waals surface area (Å²) in [5, 5.41) is 0. The van der Waals surface area contributed by atoms with Crippen LogP contribution >= 0.6 is 15.9 Å². The summed E-state index contributed by atoms with van der Waals surface area (Å²) in [4.78, 5) is 11.1. The van der Waals surface area contributed by atoms with Crippen molar-refractivity contribution in [3.8, 4) is 0 Å². The second kappa shape index (κ2) is 6.89. The summed E-state index contributed by atoms with van der Waals surface area (Å²) >= 11 is 3.59. The molecule has 0 radical (unpaired) electrons. The Labute approximate surface area is 134 Å². The van der Waals surface area contributed by atoms with Crippen LogP contribution in [0.25, 0.3) is 0 Å². The fourth-order valence-electron chi connectivity index (χ4n) is 2.23. The van der Waals surface area contributed by atoms with E-state index < -0.39 is 0 Å². The van der Waals surface area contributed by atoms with E-state index in [4.69, 9.17) is 5.73 Å². The molecule has 2 N–H and O–H groups in total. The summed E-state index contributed by atoms with van der Waals surface area (Å²) in [6.07, 6.45) is 1.86. The molecule has 0 fully saturated rings. The molecule has 0 unspecified atom stereocenters. The van der Waals surface area contributed by atoms with Crippen LogP contribution in [0.4, 0.5) is 11.6 Å². The number of aryl methyl sites for hydroxylation is 1. The second-order valence-corrected chi connectivity index (χ2v) is 6.03. The number of hydrogen-bond donors (Lipinski definition) is 1. The largest absolute Gasteiger partial charge is 0.383 e. The molecule has 0 bridgehead atoms. The Balaban J connectivity index is 2.30. The summed E-state index contributed by atoms with van der Waals surface area (Å²) in [5.74, 6) is 2.29. The number of nitrogens with zero attached hydrogens (tertiary/aromatic N) is 3. The number of nitrogens with two attached hydrogens (primary N) is 1. The third-order valence-electron chi connectivity index (χ3n) is 3.40. The number of rotatable bonds is 5. The fourth-order valence-corrected chi connectivity index (χ4v) is 2.64. The van der Waals surface area contributed by atoms with Gasteiger partial charge in [0, 0.05) is 30.0 Å². The summed E-state index contributed by atoms with van der Waals surface area (Å²) < 4.78 is 1.10. The van der Waals surface area contributed by atoms with Crippen LogP contribution in [0.1, 0.15) is 30.3 Å². The number of aromatic nitrogens is 2. The second-order valence-electron chi connectivity index (χ2n) is 5.17. The van der Waals surface area contributed by atoms with Gasteiger partial charge in [0.1, 0.15) is 17.5 Å². The molecular formula is C16H21BrN4. The van der Waals surface area contributed by atoms with Crippen molar-refractivity contribution in [2.75, 3.05) is 17.7 Å². The third kappa shape index (κ3) is 3.73. The lowest BCUT2D eigenvalue weighted by atomic mass is 10.2. The molecule has 1 aromatic carbocycles. The molecule has 1 aromatic heterocycles. The van der Waals surface area contributed by atoms with Gasteiger partial charge in [-0.25, -0.2) is 9.97 Å². The van der Waals surface area contributed by atoms with E-state index in [1.54, 1.807) is 0 Å². The molecule has 0 aliphatic rings. The van der Waals surface area contributed by atoms with Gasteiger partial charge in [-0.3, -0.25) is 0 Å².